The highest BCUT2D eigenvalue weighted by atomic mass is 16.5. The zero-order valence-corrected chi connectivity index (χ0v) is 16.4. The predicted octanol–water partition coefficient (Wildman–Crippen LogP) is 3.25. The third-order valence-corrected chi connectivity index (χ3v) is 5.62. The maximum absolute atomic E-state index is 13.2. The molecule has 0 spiro atoms. The number of aliphatic hydroxyl groups is 1. The zero-order chi connectivity index (χ0) is 19.7. The molecule has 2 aromatic carbocycles. The minimum atomic E-state index is -0.595. The summed E-state index contributed by atoms with van der Waals surface area (Å²) in [5, 5.41) is 8.82. The van der Waals surface area contributed by atoms with E-state index in [1.54, 1.807) is 0 Å². The Hall–Kier alpha value is -2.37. The van der Waals surface area contributed by atoms with Crippen LogP contribution in [0.2, 0.25) is 0 Å². The van der Waals surface area contributed by atoms with Gasteiger partial charge in [-0.25, -0.2) is 0 Å². The van der Waals surface area contributed by atoms with E-state index in [4.69, 9.17) is 14.6 Å². The van der Waals surface area contributed by atoms with Gasteiger partial charge in [0.25, 0.3) is 0 Å². The van der Waals surface area contributed by atoms with Gasteiger partial charge in [-0.3, -0.25) is 4.79 Å². The number of carbonyl (C=O) groups is 1. The molecule has 0 unspecified atom stereocenters. The lowest BCUT2D eigenvalue weighted by Gasteiger charge is -2.34. The Morgan fingerprint density at radius 3 is 2.71 bits per heavy atom. The molecule has 1 saturated heterocycles. The lowest BCUT2D eigenvalue weighted by molar-refractivity contribution is -0.147. The largest absolute Gasteiger partial charge is 0.491 e. The molecule has 2 aliphatic rings. The van der Waals surface area contributed by atoms with Gasteiger partial charge < -0.3 is 19.5 Å². The third kappa shape index (κ3) is 3.52. The Balaban J connectivity index is 1.45. The number of benzene rings is 2. The second kappa shape index (κ2) is 7.57. The fraction of sp³-hybridized carbons (Fsp3) is 0.435. The SMILES string of the molecule is CC1(C)O[C@@H]2Cc3ccccc3[C@@H]2N1C(=O)CCc1ccc(OCCO)cc1. The molecule has 28 heavy (non-hydrogen) atoms. The van der Waals surface area contributed by atoms with Crippen LogP contribution in [0.3, 0.4) is 0 Å². The van der Waals surface area contributed by atoms with E-state index in [1.165, 1.54) is 11.1 Å². The van der Waals surface area contributed by atoms with E-state index in [9.17, 15) is 4.79 Å². The number of nitrogens with zero attached hydrogens (tertiary/aromatic N) is 1. The highest BCUT2D eigenvalue weighted by Gasteiger charge is 2.53. The summed E-state index contributed by atoms with van der Waals surface area (Å²) in [4.78, 5) is 15.1. The second-order valence-electron chi connectivity index (χ2n) is 7.93. The van der Waals surface area contributed by atoms with Gasteiger partial charge in [-0.05, 0) is 49.1 Å². The van der Waals surface area contributed by atoms with Gasteiger partial charge in [0.05, 0.1) is 18.8 Å². The van der Waals surface area contributed by atoms with E-state index in [0.29, 0.717) is 12.8 Å². The number of rotatable bonds is 6. The van der Waals surface area contributed by atoms with Gasteiger partial charge >= 0.3 is 0 Å². The number of amides is 1. The molecule has 148 valence electrons. The van der Waals surface area contributed by atoms with Gasteiger partial charge in [0.15, 0.2) is 0 Å². The van der Waals surface area contributed by atoms with Crippen molar-refractivity contribution in [3.8, 4) is 5.75 Å². The molecule has 1 aliphatic carbocycles. The molecule has 5 nitrogen and oxygen atoms in total. The second-order valence-corrected chi connectivity index (χ2v) is 7.93. The molecule has 1 fully saturated rings. The highest BCUT2D eigenvalue weighted by Crippen LogP contribution is 2.48. The number of aryl methyl sites for hydroxylation is 1. The fourth-order valence-corrected chi connectivity index (χ4v) is 4.45. The van der Waals surface area contributed by atoms with Crippen molar-refractivity contribution in [2.75, 3.05) is 13.2 Å². The standard InChI is InChI=1S/C23H27NO4/c1-23(2)24(22-19-6-4-3-5-17(19)15-20(22)28-23)21(26)12-9-16-7-10-18(11-8-16)27-14-13-25/h3-8,10-11,20,22,25H,9,12-15H2,1-2H3/t20-,22+/m1/s1. The normalized spacial score (nSPS) is 22.0. The average Bonchev–Trinajstić information content (AvgIpc) is 3.15. The van der Waals surface area contributed by atoms with Crippen LogP contribution in [0, 0.1) is 0 Å². The summed E-state index contributed by atoms with van der Waals surface area (Å²) in [7, 11) is 0. The van der Waals surface area contributed by atoms with Crippen molar-refractivity contribution in [1.82, 2.24) is 4.90 Å². The number of ether oxygens (including phenoxy) is 2. The molecule has 0 bridgehead atoms. The lowest BCUT2D eigenvalue weighted by atomic mass is 10.0. The fourth-order valence-electron chi connectivity index (χ4n) is 4.45. The van der Waals surface area contributed by atoms with Gasteiger partial charge in [-0.15, -0.1) is 0 Å². The maximum atomic E-state index is 13.2. The molecule has 2 aromatic rings. The van der Waals surface area contributed by atoms with Crippen molar-refractivity contribution >= 4 is 5.91 Å². The first-order valence-electron chi connectivity index (χ1n) is 9.90. The summed E-state index contributed by atoms with van der Waals surface area (Å²) in [5.74, 6) is 0.846. The van der Waals surface area contributed by atoms with E-state index >= 15 is 0 Å². The van der Waals surface area contributed by atoms with Crippen LogP contribution < -0.4 is 4.74 Å². The minimum Gasteiger partial charge on any atom is -0.491 e. The van der Waals surface area contributed by atoms with Crippen molar-refractivity contribution in [3.05, 3.63) is 65.2 Å². The van der Waals surface area contributed by atoms with Gasteiger partial charge in [0.1, 0.15) is 18.1 Å². The molecule has 4 rings (SSSR count). The summed E-state index contributed by atoms with van der Waals surface area (Å²) in [5.41, 5.74) is 2.99. The van der Waals surface area contributed by atoms with Crippen LogP contribution >= 0.6 is 0 Å². The smallest absolute Gasteiger partial charge is 0.225 e. The number of hydrogen-bond acceptors (Lipinski definition) is 4. The van der Waals surface area contributed by atoms with Gasteiger partial charge in [-0.2, -0.15) is 0 Å². The van der Waals surface area contributed by atoms with Gasteiger partial charge in [0.2, 0.25) is 5.91 Å². The first-order chi connectivity index (χ1) is 13.5. The van der Waals surface area contributed by atoms with Crippen LogP contribution in [0.1, 0.15) is 43.0 Å². The van der Waals surface area contributed by atoms with E-state index in [1.807, 2.05) is 55.1 Å². The Labute approximate surface area is 165 Å². The summed E-state index contributed by atoms with van der Waals surface area (Å²) >= 11 is 0. The molecule has 5 heteroatoms. The summed E-state index contributed by atoms with van der Waals surface area (Å²) < 4.78 is 11.6. The zero-order valence-electron chi connectivity index (χ0n) is 16.4. The monoisotopic (exact) mass is 381 g/mol. The van der Waals surface area contributed by atoms with Crippen molar-refractivity contribution in [1.29, 1.82) is 0 Å². The number of carbonyl (C=O) groups excluding carboxylic acids is 1. The maximum Gasteiger partial charge on any atom is 0.225 e. The molecule has 1 N–H and O–H groups in total. The Morgan fingerprint density at radius 2 is 1.96 bits per heavy atom. The van der Waals surface area contributed by atoms with Crippen LogP contribution in [0.5, 0.6) is 5.75 Å². The van der Waals surface area contributed by atoms with Gasteiger partial charge in [-0.1, -0.05) is 36.4 Å². The summed E-state index contributed by atoms with van der Waals surface area (Å²) in [6.07, 6.45) is 2.02. The number of aliphatic hydroxyl groups excluding tert-OH is 1. The predicted molar refractivity (Wildman–Crippen MR) is 106 cm³/mol. The van der Waals surface area contributed by atoms with E-state index in [-0.39, 0.29) is 31.3 Å². The van der Waals surface area contributed by atoms with Crippen LogP contribution in [0.15, 0.2) is 48.5 Å². The molecule has 2 atom stereocenters. The third-order valence-electron chi connectivity index (χ3n) is 5.62. The van der Waals surface area contributed by atoms with Crippen LogP contribution in [-0.2, 0) is 22.4 Å². The molecule has 1 amide bonds. The van der Waals surface area contributed by atoms with Crippen molar-refractivity contribution in [3.63, 3.8) is 0 Å². The lowest BCUT2D eigenvalue weighted by Crippen LogP contribution is -2.44. The van der Waals surface area contributed by atoms with Crippen LogP contribution in [-0.4, -0.2) is 41.0 Å². The van der Waals surface area contributed by atoms with Crippen molar-refractivity contribution in [2.45, 2.75) is 51.0 Å². The Morgan fingerprint density at radius 1 is 1.21 bits per heavy atom. The first-order valence-corrected chi connectivity index (χ1v) is 9.90. The minimum absolute atomic E-state index is 0.00473. The molecule has 0 saturated carbocycles. The number of fused-ring (bicyclic) bond motifs is 3. The topological polar surface area (TPSA) is 59.0 Å². The van der Waals surface area contributed by atoms with E-state index in [2.05, 4.69) is 12.1 Å². The van der Waals surface area contributed by atoms with Crippen molar-refractivity contribution < 1.29 is 19.4 Å². The molecule has 0 radical (unpaired) electrons. The number of hydrogen-bond donors (Lipinski definition) is 1. The van der Waals surface area contributed by atoms with E-state index < -0.39 is 5.72 Å². The van der Waals surface area contributed by atoms with Crippen LogP contribution in [0.25, 0.3) is 0 Å². The van der Waals surface area contributed by atoms with E-state index in [0.717, 1.165) is 17.7 Å². The Kier molecular flexibility index (Phi) is 5.13. The first kappa shape index (κ1) is 19.0. The highest BCUT2D eigenvalue weighted by molar-refractivity contribution is 5.78. The Bertz CT molecular complexity index is 846. The van der Waals surface area contributed by atoms with Crippen LogP contribution in [0.4, 0.5) is 0 Å². The molecule has 1 heterocycles. The summed E-state index contributed by atoms with van der Waals surface area (Å²) in [6.45, 7) is 4.25. The molecular weight excluding hydrogens is 354 g/mol. The molecule has 0 aromatic heterocycles. The molecule has 1 aliphatic heterocycles. The quantitative estimate of drug-likeness (QED) is 0.835. The summed E-state index contributed by atoms with van der Waals surface area (Å²) in [6, 6.07) is 16.0. The van der Waals surface area contributed by atoms with Gasteiger partial charge in [0, 0.05) is 12.8 Å². The molecular formula is C23H27NO4. The average molecular weight is 381 g/mol. The van der Waals surface area contributed by atoms with Crippen molar-refractivity contribution in [2.24, 2.45) is 0 Å².